The predicted molar refractivity (Wildman–Crippen MR) is 72.0 cm³/mol. The molecule has 0 unspecified atom stereocenters. The van der Waals surface area contributed by atoms with Crippen LogP contribution in [0.15, 0.2) is 30.5 Å². The number of aromatic nitrogens is 1. The maximum absolute atomic E-state index is 11.2. The molecule has 1 aromatic heterocycles. The number of carbonyl (C=O) groups is 1. The van der Waals surface area contributed by atoms with Gasteiger partial charge in [0.05, 0.1) is 18.2 Å². The third kappa shape index (κ3) is 3.22. The van der Waals surface area contributed by atoms with Crippen molar-refractivity contribution < 1.29 is 9.53 Å². The van der Waals surface area contributed by atoms with Gasteiger partial charge in [-0.25, -0.2) is 4.79 Å². The Hall–Kier alpha value is -1.52. The van der Waals surface area contributed by atoms with Crippen LogP contribution in [-0.4, -0.2) is 18.1 Å². The molecule has 2 rings (SSSR count). The molecule has 0 spiro atoms. The molecule has 0 aliphatic heterocycles. The molecule has 0 fully saturated rings. The first-order chi connectivity index (χ1) is 7.20. The summed E-state index contributed by atoms with van der Waals surface area (Å²) >= 11 is 0. The highest BCUT2D eigenvalue weighted by Gasteiger charge is 2.06. The minimum Gasteiger partial charge on any atom is -0.465 e. The summed E-state index contributed by atoms with van der Waals surface area (Å²) in [5.41, 5.74) is 7.51. The van der Waals surface area contributed by atoms with E-state index in [0.29, 0.717) is 11.3 Å². The van der Waals surface area contributed by atoms with Crippen LogP contribution in [0.4, 0.5) is 5.69 Å². The maximum atomic E-state index is 11.2. The Morgan fingerprint density at radius 3 is 2.65 bits per heavy atom. The van der Waals surface area contributed by atoms with Gasteiger partial charge in [-0.05, 0) is 24.3 Å². The molecule has 0 bridgehead atoms. The topological polar surface area (TPSA) is 65.2 Å². The molecule has 0 aliphatic rings. The standard InChI is InChI=1S/C11H10N2O2.2ClH/c1-15-11(14)8-4-7-5-9(12)2-3-10(7)13-6-8;;/h2-6H,12H2,1H3;2*1H. The number of methoxy groups -OCH3 is 1. The Bertz CT molecular complexity index is 532. The van der Waals surface area contributed by atoms with Crippen molar-refractivity contribution in [1.82, 2.24) is 4.98 Å². The van der Waals surface area contributed by atoms with E-state index in [-0.39, 0.29) is 24.8 Å². The molecule has 0 aliphatic carbocycles. The quantitative estimate of drug-likeness (QED) is 0.641. The lowest BCUT2D eigenvalue weighted by atomic mass is 10.1. The van der Waals surface area contributed by atoms with Crippen molar-refractivity contribution in [3.05, 3.63) is 36.0 Å². The second kappa shape index (κ2) is 6.27. The van der Waals surface area contributed by atoms with Crippen molar-refractivity contribution in [3.8, 4) is 0 Å². The third-order valence-electron chi connectivity index (χ3n) is 2.13. The van der Waals surface area contributed by atoms with E-state index in [1.165, 1.54) is 13.3 Å². The first-order valence-electron chi connectivity index (χ1n) is 4.44. The zero-order chi connectivity index (χ0) is 10.8. The molecular weight excluding hydrogens is 263 g/mol. The van der Waals surface area contributed by atoms with Crippen LogP contribution in [0.3, 0.4) is 0 Å². The molecule has 0 amide bonds. The molecule has 0 radical (unpaired) electrons. The Labute approximate surface area is 111 Å². The summed E-state index contributed by atoms with van der Waals surface area (Å²) in [6.45, 7) is 0. The highest BCUT2D eigenvalue weighted by molar-refractivity contribution is 5.94. The van der Waals surface area contributed by atoms with E-state index in [0.717, 1.165) is 10.9 Å². The van der Waals surface area contributed by atoms with Crippen molar-refractivity contribution in [2.45, 2.75) is 0 Å². The van der Waals surface area contributed by atoms with Gasteiger partial charge in [0.1, 0.15) is 0 Å². The summed E-state index contributed by atoms with van der Waals surface area (Å²) in [5, 5.41) is 0.831. The lowest BCUT2D eigenvalue weighted by Gasteiger charge is -2.01. The fraction of sp³-hybridized carbons (Fsp3) is 0.0909. The van der Waals surface area contributed by atoms with Crippen molar-refractivity contribution in [2.24, 2.45) is 0 Å². The lowest BCUT2D eigenvalue weighted by molar-refractivity contribution is 0.0600. The number of hydrogen-bond acceptors (Lipinski definition) is 4. The number of rotatable bonds is 1. The Morgan fingerprint density at radius 2 is 2.00 bits per heavy atom. The van der Waals surface area contributed by atoms with E-state index in [2.05, 4.69) is 9.72 Å². The van der Waals surface area contributed by atoms with Crippen LogP contribution in [0.5, 0.6) is 0 Å². The third-order valence-corrected chi connectivity index (χ3v) is 2.13. The van der Waals surface area contributed by atoms with E-state index in [1.54, 1.807) is 18.2 Å². The van der Waals surface area contributed by atoms with Gasteiger partial charge in [0.25, 0.3) is 0 Å². The number of esters is 1. The lowest BCUT2D eigenvalue weighted by Crippen LogP contribution is -2.01. The maximum Gasteiger partial charge on any atom is 0.339 e. The zero-order valence-corrected chi connectivity index (χ0v) is 10.7. The summed E-state index contributed by atoms with van der Waals surface area (Å²) in [6, 6.07) is 7.07. The first kappa shape index (κ1) is 15.5. The number of benzene rings is 1. The van der Waals surface area contributed by atoms with Gasteiger partial charge in [0, 0.05) is 17.3 Å². The van der Waals surface area contributed by atoms with Gasteiger partial charge in [-0.2, -0.15) is 0 Å². The number of carbonyl (C=O) groups excluding carboxylic acids is 1. The Morgan fingerprint density at radius 1 is 1.29 bits per heavy atom. The van der Waals surface area contributed by atoms with Crippen LogP contribution < -0.4 is 5.73 Å². The smallest absolute Gasteiger partial charge is 0.339 e. The van der Waals surface area contributed by atoms with E-state index in [9.17, 15) is 4.79 Å². The minimum absolute atomic E-state index is 0. The number of nitrogen functional groups attached to an aromatic ring is 1. The summed E-state index contributed by atoms with van der Waals surface area (Å²) in [6.07, 6.45) is 1.49. The fourth-order valence-corrected chi connectivity index (χ4v) is 1.38. The van der Waals surface area contributed by atoms with Gasteiger partial charge in [0.15, 0.2) is 0 Å². The van der Waals surface area contributed by atoms with Crippen molar-refractivity contribution >= 4 is 47.4 Å². The number of halogens is 2. The van der Waals surface area contributed by atoms with Crippen LogP contribution in [0.25, 0.3) is 10.9 Å². The second-order valence-corrected chi connectivity index (χ2v) is 3.17. The SMILES string of the molecule is COC(=O)c1cnc2ccc(N)cc2c1.Cl.Cl. The van der Waals surface area contributed by atoms with Crippen molar-refractivity contribution in [1.29, 1.82) is 0 Å². The van der Waals surface area contributed by atoms with Crippen LogP contribution >= 0.6 is 24.8 Å². The predicted octanol–water partition coefficient (Wildman–Crippen LogP) is 2.45. The molecule has 0 saturated heterocycles. The average Bonchev–Trinajstić information content (AvgIpc) is 2.27. The van der Waals surface area contributed by atoms with Crippen LogP contribution in [0.1, 0.15) is 10.4 Å². The normalized spacial score (nSPS) is 9.00. The molecule has 92 valence electrons. The number of nitrogens with zero attached hydrogens (tertiary/aromatic N) is 1. The molecule has 2 aromatic rings. The van der Waals surface area contributed by atoms with Crippen LogP contribution in [0.2, 0.25) is 0 Å². The van der Waals surface area contributed by atoms with Crippen LogP contribution in [-0.2, 0) is 4.74 Å². The largest absolute Gasteiger partial charge is 0.465 e. The summed E-state index contributed by atoms with van der Waals surface area (Å²) in [4.78, 5) is 15.4. The van der Waals surface area contributed by atoms with Gasteiger partial charge in [-0.15, -0.1) is 24.8 Å². The van der Waals surface area contributed by atoms with Gasteiger partial charge in [-0.1, -0.05) is 0 Å². The zero-order valence-electron chi connectivity index (χ0n) is 9.04. The van der Waals surface area contributed by atoms with E-state index in [1.807, 2.05) is 6.07 Å². The van der Waals surface area contributed by atoms with Crippen LogP contribution in [0, 0.1) is 0 Å². The summed E-state index contributed by atoms with van der Waals surface area (Å²) in [5.74, 6) is -0.396. The molecule has 4 nitrogen and oxygen atoms in total. The van der Waals surface area contributed by atoms with Gasteiger partial charge in [0.2, 0.25) is 0 Å². The number of anilines is 1. The minimum atomic E-state index is -0.396. The molecule has 17 heavy (non-hydrogen) atoms. The van der Waals surface area contributed by atoms with E-state index >= 15 is 0 Å². The summed E-state index contributed by atoms with van der Waals surface area (Å²) < 4.78 is 4.61. The van der Waals surface area contributed by atoms with Gasteiger partial charge < -0.3 is 10.5 Å². The molecule has 6 heteroatoms. The number of fused-ring (bicyclic) bond motifs is 1. The van der Waals surface area contributed by atoms with Gasteiger partial charge in [-0.3, -0.25) is 4.98 Å². The number of ether oxygens (including phenoxy) is 1. The number of hydrogen-bond donors (Lipinski definition) is 1. The number of nitrogens with two attached hydrogens (primary N) is 1. The average molecular weight is 275 g/mol. The van der Waals surface area contributed by atoms with E-state index in [4.69, 9.17) is 5.73 Å². The van der Waals surface area contributed by atoms with E-state index < -0.39 is 5.97 Å². The monoisotopic (exact) mass is 274 g/mol. The first-order valence-corrected chi connectivity index (χ1v) is 4.44. The molecule has 1 aromatic carbocycles. The van der Waals surface area contributed by atoms with Crippen molar-refractivity contribution in [3.63, 3.8) is 0 Å². The van der Waals surface area contributed by atoms with Crippen molar-refractivity contribution in [2.75, 3.05) is 12.8 Å². The Balaban J connectivity index is 0.00000128. The molecule has 0 atom stereocenters. The molecular formula is C11H12Cl2N2O2. The summed E-state index contributed by atoms with van der Waals surface area (Å²) in [7, 11) is 1.34. The molecule has 2 N–H and O–H groups in total. The number of pyridine rings is 1. The second-order valence-electron chi connectivity index (χ2n) is 3.17. The van der Waals surface area contributed by atoms with Gasteiger partial charge >= 0.3 is 5.97 Å². The Kier molecular flexibility index (Phi) is 5.71. The molecule has 0 saturated carbocycles. The fourth-order valence-electron chi connectivity index (χ4n) is 1.38. The molecule has 1 heterocycles. The highest BCUT2D eigenvalue weighted by Crippen LogP contribution is 2.16. The highest BCUT2D eigenvalue weighted by atomic mass is 35.5.